The van der Waals surface area contributed by atoms with Gasteiger partial charge in [-0.3, -0.25) is 4.79 Å². The van der Waals surface area contributed by atoms with Gasteiger partial charge in [0.2, 0.25) is 0 Å². The summed E-state index contributed by atoms with van der Waals surface area (Å²) in [7, 11) is 4.32. The van der Waals surface area contributed by atoms with Gasteiger partial charge in [0.15, 0.2) is 5.78 Å². The number of carbonyl (C=O) groups is 1. The first-order valence-corrected chi connectivity index (χ1v) is 5.70. The van der Waals surface area contributed by atoms with Crippen LogP contribution in [-0.2, 0) is 11.2 Å². The molecule has 1 rings (SSSR count). The number of phenols is 1. The first kappa shape index (κ1) is 15.0. The molecule has 0 radical (unpaired) electrons. The van der Waals surface area contributed by atoms with Crippen molar-refractivity contribution in [3.63, 3.8) is 0 Å². The van der Waals surface area contributed by atoms with Gasteiger partial charge in [0.25, 0.3) is 0 Å². The van der Waals surface area contributed by atoms with E-state index in [1.165, 1.54) is 21.3 Å². The third kappa shape index (κ3) is 3.06. The molecule has 0 aromatic heterocycles. The molecule has 0 fully saturated rings. The monoisotopic (exact) mass is 266 g/mol. The van der Waals surface area contributed by atoms with Crippen molar-refractivity contribution >= 4 is 5.78 Å². The number of hydrogen-bond donors (Lipinski definition) is 1. The summed E-state index contributed by atoms with van der Waals surface area (Å²) in [4.78, 5) is 12.0. The number of Topliss-reactive ketones (excluding diaryl/α,β-unsaturated/α-hetero) is 1. The second-order valence-corrected chi connectivity index (χ2v) is 3.83. The summed E-state index contributed by atoms with van der Waals surface area (Å²) >= 11 is 0. The van der Waals surface area contributed by atoms with E-state index >= 15 is 0 Å². The maximum Gasteiger partial charge on any atom is 0.195 e. The zero-order valence-electron chi connectivity index (χ0n) is 11.4. The van der Waals surface area contributed by atoms with Crippen LogP contribution in [0.3, 0.4) is 0 Å². The Morgan fingerprint density at radius 3 is 2.42 bits per heavy atom. The predicted octanol–water partition coefficient (Wildman–Crippen LogP) is 1.97. The van der Waals surface area contributed by atoms with E-state index < -0.39 is 0 Å². The van der Waals surface area contributed by atoms with Crippen molar-refractivity contribution in [2.45, 2.75) is 6.42 Å². The van der Waals surface area contributed by atoms with Gasteiger partial charge in [-0.25, -0.2) is 0 Å². The van der Waals surface area contributed by atoms with E-state index in [9.17, 15) is 9.90 Å². The fraction of sp³-hybridized carbons (Fsp3) is 0.357. The van der Waals surface area contributed by atoms with Crippen molar-refractivity contribution in [1.82, 2.24) is 0 Å². The highest BCUT2D eigenvalue weighted by atomic mass is 16.5. The molecule has 0 heterocycles. The third-order valence-corrected chi connectivity index (χ3v) is 2.67. The molecular weight excluding hydrogens is 248 g/mol. The molecule has 0 amide bonds. The fourth-order valence-corrected chi connectivity index (χ4v) is 1.82. The Hall–Kier alpha value is -2.01. The summed E-state index contributed by atoms with van der Waals surface area (Å²) in [5.41, 5.74) is 0.597. The highest BCUT2D eigenvalue weighted by Crippen LogP contribution is 2.39. The molecule has 0 spiro atoms. The number of allylic oxidation sites excluding steroid dienone is 1. The van der Waals surface area contributed by atoms with Crippen molar-refractivity contribution in [3.05, 3.63) is 29.8 Å². The van der Waals surface area contributed by atoms with Gasteiger partial charge >= 0.3 is 0 Å². The Balaban J connectivity index is 3.46. The summed E-state index contributed by atoms with van der Waals surface area (Å²) in [5.74, 6) is 0.190. The van der Waals surface area contributed by atoms with Crippen molar-refractivity contribution in [1.29, 1.82) is 0 Å². The van der Waals surface area contributed by atoms with Crippen LogP contribution in [0.15, 0.2) is 18.7 Å². The van der Waals surface area contributed by atoms with Crippen LogP contribution in [-0.4, -0.2) is 38.8 Å². The van der Waals surface area contributed by atoms with Gasteiger partial charge in [-0.05, 0) is 6.42 Å². The van der Waals surface area contributed by atoms with Crippen LogP contribution in [0.25, 0.3) is 0 Å². The van der Waals surface area contributed by atoms with E-state index in [0.717, 1.165) is 0 Å². The van der Waals surface area contributed by atoms with Crippen molar-refractivity contribution in [3.8, 4) is 17.2 Å². The summed E-state index contributed by atoms with van der Waals surface area (Å²) < 4.78 is 15.1. The Kier molecular flexibility index (Phi) is 5.38. The number of phenolic OH excluding ortho intramolecular Hbond substituents is 1. The summed E-state index contributed by atoms with van der Waals surface area (Å²) in [6.45, 7) is 3.48. The van der Waals surface area contributed by atoms with E-state index in [2.05, 4.69) is 6.58 Å². The first-order valence-electron chi connectivity index (χ1n) is 5.70. The number of ether oxygens (including phenoxy) is 3. The van der Waals surface area contributed by atoms with E-state index in [1.54, 1.807) is 12.1 Å². The minimum absolute atomic E-state index is 0.0991. The quantitative estimate of drug-likeness (QED) is 0.603. The fourth-order valence-electron chi connectivity index (χ4n) is 1.82. The van der Waals surface area contributed by atoms with Crippen LogP contribution in [0.2, 0.25) is 0 Å². The number of benzene rings is 1. The number of hydrogen-bond acceptors (Lipinski definition) is 5. The Morgan fingerprint density at radius 1 is 1.32 bits per heavy atom. The van der Waals surface area contributed by atoms with Gasteiger partial charge < -0.3 is 19.3 Å². The van der Waals surface area contributed by atoms with E-state index in [4.69, 9.17) is 14.2 Å². The van der Waals surface area contributed by atoms with Gasteiger partial charge in [0.05, 0.1) is 14.2 Å². The van der Waals surface area contributed by atoms with Crippen LogP contribution >= 0.6 is 0 Å². The van der Waals surface area contributed by atoms with Crippen molar-refractivity contribution < 1.29 is 24.1 Å². The van der Waals surface area contributed by atoms with Gasteiger partial charge in [0, 0.05) is 18.7 Å². The first-order chi connectivity index (χ1) is 9.10. The molecule has 0 aliphatic rings. The predicted molar refractivity (Wildman–Crippen MR) is 71.3 cm³/mol. The highest BCUT2D eigenvalue weighted by Gasteiger charge is 2.23. The van der Waals surface area contributed by atoms with Crippen molar-refractivity contribution in [2.24, 2.45) is 0 Å². The van der Waals surface area contributed by atoms with Crippen LogP contribution < -0.4 is 9.47 Å². The van der Waals surface area contributed by atoms with Gasteiger partial charge in [-0.2, -0.15) is 0 Å². The molecule has 0 bridgehead atoms. The molecule has 1 aromatic carbocycles. The smallest absolute Gasteiger partial charge is 0.195 e. The van der Waals surface area contributed by atoms with E-state index in [0.29, 0.717) is 17.7 Å². The van der Waals surface area contributed by atoms with E-state index in [1.807, 2.05) is 0 Å². The van der Waals surface area contributed by atoms with Crippen LogP contribution in [0.4, 0.5) is 0 Å². The Labute approximate surface area is 112 Å². The molecule has 0 aliphatic carbocycles. The zero-order valence-corrected chi connectivity index (χ0v) is 11.4. The normalized spacial score (nSPS) is 10.1. The summed E-state index contributed by atoms with van der Waals surface area (Å²) in [6.07, 6.45) is 2.00. The maximum absolute atomic E-state index is 12.0. The second-order valence-electron chi connectivity index (χ2n) is 3.83. The molecule has 5 nitrogen and oxygen atoms in total. The molecule has 1 N–H and O–H groups in total. The summed E-state index contributed by atoms with van der Waals surface area (Å²) in [6, 6.07) is 1.57. The van der Waals surface area contributed by atoms with Crippen molar-refractivity contribution in [2.75, 3.05) is 27.9 Å². The molecule has 104 valence electrons. The minimum atomic E-state index is -0.357. The standard InChI is InChI=1S/C14H18O5/c1-5-6-9-11(18-3)7-12(19-4)13(14(9)16)10(15)8-17-2/h5,7,16H,1,6,8H2,2-4H3. The summed E-state index contributed by atoms with van der Waals surface area (Å²) in [5, 5.41) is 10.3. The van der Waals surface area contributed by atoms with Crippen LogP contribution in [0.1, 0.15) is 15.9 Å². The number of aromatic hydroxyl groups is 1. The third-order valence-electron chi connectivity index (χ3n) is 2.67. The molecule has 0 aliphatic heterocycles. The lowest BCUT2D eigenvalue weighted by Gasteiger charge is -2.16. The largest absolute Gasteiger partial charge is 0.507 e. The lowest BCUT2D eigenvalue weighted by molar-refractivity contribution is 0.0842. The number of methoxy groups -OCH3 is 3. The molecule has 19 heavy (non-hydrogen) atoms. The lowest BCUT2D eigenvalue weighted by atomic mass is 10.0. The molecule has 5 heteroatoms. The lowest BCUT2D eigenvalue weighted by Crippen LogP contribution is -2.10. The molecule has 0 saturated heterocycles. The van der Waals surface area contributed by atoms with Gasteiger partial charge in [0.1, 0.15) is 29.4 Å². The number of rotatable bonds is 7. The molecular formula is C14H18O5. The topological polar surface area (TPSA) is 65.0 Å². The average molecular weight is 266 g/mol. The Bertz CT molecular complexity index is 479. The van der Waals surface area contributed by atoms with E-state index in [-0.39, 0.29) is 29.5 Å². The second kappa shape index (κ2) is 6.80. The van der Waals surface area contributed by atoms with Crippen LogP contribution in [0.5, 0.6) is 17.2 Å². The number of carbonyl (C=O) groups excluding carboxylic acids is 1. The molecule has 0 unspecified atom stereocenters. The average Bonchev–Trinajstić information content (AvgIpc) is 2.40. The van der Waals surface area contributed by atoms with Crippen LogP contribution in [0, 0.1) is 0 Å². The molecule has 0 atom stereocenters. The molecule has 0 saturated carbocycles. The SMILES string of the molecule is C=CCc1c(OC)cc(OC)c(C(=O)COC)c1O. The maximum atomic E-state index is 12.0. The van der Waals surface area contributed by atoms with Gasteiger partial charge in [-0.1, -0.05) is 6.08 Å². The van der Waals surface area contributed by atoms with Gasteiger partial charge in [-0.15, -0.1) is 6.58 Å². The minimum Gasteiger partial charge on any atom is -0.507 e. The zero-order chi connectivity index (χ0) is 14.4. The Morgan fingerprint density at radius 2 is 1.95 bits per heavy atom. The highest BCUT2D eigenvalue weighted by molar-refractivity contribution is 6.03. The molecule has 1 aromatic rings. The number of ketones is 1.